The third-order valence-electron chi connectivity index (χ3n) is 3.63. The molecule has 3 rings (SSSR count). The molecule has 0 saturated carbocycles. The fraction of sp³-hybridized carbons (Fsp3) is 0.467. The average molecular weight is 324 g/mol. The zero-order valence-electron chi connectivity index (χ0n) is 12.0. The number of nitrogens with zero attached hydrogens (tertiary/aromatic N) is 3. The van der Waals surface area contributed by atoms with E-state index in [0.29, 0.717) is 6.10 Å². The number of aromatic nitrogens is 3. The van der Waals surface area contributed by atoms with Gasteiger partial charge in [-0.15, -0.1) is 10.2 Å². The second-order valence-corrected chi connectivity index (χ2v) is 6.51. The number of ether oxygens (including phenoxy) is 1. The molecule has 1 aromatic heterocycles. The number of rotatable bonds is 5. The molecule has 0 bridgehead atoms. The van der Waals surface area contributed by atoms with E-state index in [-0.39, 0.29) is 0 Å². The van der Waals surface area contributed by atoms with Crippen LogP contribution in [-0.2, 0) is 17.0 Å². The summed E-state index contributed by atoms with van der Waals surface area (Å²) in [5, 5.41) is 10.2. The molecule has 0 radical (unpaired) electrons. The summed E-state index contributed by atoms with van der Waals surface area (Å²) >= 11 is 7.86. The second-order valence-electron chi connectivity index (χ2n) is 5.16. The lowest BCUT2D eigenvalue weighted by atomic mass is 10.2. The molecule has 0 N–H and O–H groups in total. The SMILES string of the molecule is Cc1nnc(SCc2ccccc2Cl)n1C[C@H]1CCCO1. The van der Waals surface area contributed by atoms with Crippen molar-refractivity contribution in [2.75, 3.05) is 6.61 Å². The van der Waals surface area contributed by atoms with Crippen molar-refractivity contribution in [3.05, 3.63) is 40.7 Å². The van der Waals surface area contributed by atoms with E-state index in [0.717, 1.165) is 53.3 Å². The van der Waals surface area contributed by atoms with Gasteiger partial charge in [-0.05, 0) is 31.4 Å². The molecular weight excluding hydrogens is 306 g/mol. The Morgan fingerprint density at radius 3 is 3.00 bits per heavy atom. The van der Waals surface area contributed by atoms with E-state index in [2.05, 4.69) is 14.8 Å². The van der Waals surface area contributed by atoms with Gasteiger partial charge in [0.15, 0.2) is 5.16 Å². The smallest absolute Gasteiger partial charge is 0.191 e. The van der Waals surface area contributed by atoms with Gasteiger partial charge in [-0.3, -0.25) is 0 Å². The van der Waals surface area contributed by atoms with Crippen molar-refractivity contribution in [3.63, 3.8) is 0 Å². The number of thioether (sulfide) groups is 1. The van der Waals surface area contributed by atoms with Gasteiger partial charge in [-0.1, -0.05) is 41.6 Å². The van der Waals surface area contributed by atoms with E-state index in [9.17, 15) is 0 Å². The number of aryl methyl sites for hydroxylation is 1. The summed E-state index contributed by atoms with van der Waals surface area (Å²) in [6, 6.07) is 7.91. The van der Waals surface area contributed by atoms with Gasteiger partial charge in [0, 0.05) is 17.4 Å². The van der Waals surface area contributed by atoms with Crippen LogP contribution in [0.4, 0.5) is 0 Å². The van der Waals surface area contributed by atoms with E-state index in [1.807, 2.05) is 31.2 Å². The summed E-state index contributed by atoms with van der Waals surface area (Å²) in [7, 11) is 0. The van der Waals surface area contributed by atoms with Crippen molar-refractivity contribution in [2.45, 2.75) is 43.3 Å². The first-order chi connectivity index (χ1) is 10.2. The highest BCUT2D eigenvalue weighted by Crippen LogP contribution is 2.27. The lowest BCUT2D eigenvalue weighted by Gasteiger charge is -2.13. The van der Waals surface area contributed by atoms with Crippen LogP contribution in [0.1, 0.15) is 24.2 Å². The van der Waals surface area contributed by atoms with Crippen LogP contribution >= 0.6 is 23.4 Å². The second kappa shape index (κ2) is 6.81. The van der Waals surface area contributed by atoms with Crippen molar-refractivity contribution >= 4 is 23.4 Å². The fourth-order valence-corrected chi connectivity index (χ4v) is 3.71. The molecule has 1 aliphatic heterocycles. The third kappa shape index (κ3) is 3.59. The van der Waals surface area contributed by atoms with Crippen LogP contribution in [0.15, 0.2) is 29.4 Å². The maximum Gasteiger partial charge on any atom is 0.191 e. The van der Waals surface area contributed by atoms with Crippen LogP contribution in [0.5, 0.6) is 0 Å². The standard InChI is InChI=1S/C15H18ClN3OS/c1-11-17-18-15(19(11)9-13-6-4-8-20-13)21-10-12-5-2-3-7-14(12)16/h2-3,5,7,13H,4,6,8-10H2,1H3/t13-/m1/s1. The predicted octanol–water partition coefficient (Wildman–Crippen LogP) is 3.71. The largest absolute Gasteiger partial charge is 0.376 e. The van der Waals surface area contributed by atoms with Crippen molar-refractivity contribution in [2.24, 2.45) is 0 Å². The number of hydrogen-bond donors (Lipinski definition) is 0. The molecule has 0 spiro atoms. The monoisotopic (exact) mass is 323 g/mol. The Balaban J connectivity index is 1.69. The Kier molecular flexibility index (Phi) is 4.83. The molecule has 1 aromatic carbocycles. The molecule has 4 nitrogen and oxygen atoms in total. The Morgan fingerprint density at radius 2 is 2.24 bits per heavy atom. The van der Waals surface area contributed by atoms with Gasteiger partial charge in [0.05, 0.1) is 12.6 Å². The molecule has 6 heteroatoms. The molecule has 112 valence electrons. The highest BCUT2D eigenvalue weighted by atomic mass is 35.5. The first-order valence-electron chi connectivity index (χ1n) is 7.11. The minimum absolute atomic E-state index is 0.291. The van der Waals surface area contributed by atoms with E-state index >= 15 is 0 Å². The molecule has 0 amide bonds. The average Bonchev–Trinajstić information content (AvgIpc) is 3.11. The van der Waals surface area contributed by atoms with Gasteiger partial charge in [0.1, 0.15) is 5.82 Å². The van der Waals surface area contributed by atoms with Crippen LogP contribution in [0.2, 0.25) is 5.02 Å². The minimum atomic E-state index is 0.291. The predicted molar refractivity (Wildman–Crippen MR) is 84.7 cm³/mol. The van der Waals surface area contributed by atoms with Crippen LogP contribution < -0.4 is 0 Å². The Hall–Kier alpha value is -1.04. The normalized spacial score (nSPS) is 18.3. The van der Waals surface area contributed by atoms with Gasteiger partial charge in [0.2, 0.25) is 0 Å². The van der Waals surface area contributed by atoms with Gasteiger partial charge in [0.25, 0.3) is 0 Å². The van der Waals surface area contributed by atoms with Crippen molar-refractivity contribution in [3.8, 4) is 0 Å². The van der Waals surface area contributed by atoms with Crippen LogP contribution in [0.25, 0.3) is 0 Å². The number of benzene rings is 1. The fourth-order valence-electron chi connectivity index (χ4n) is 2.43. The molecule has 1 aliphatic rings. The molecule has 2 aromatic rings. The molecule has 0 aliphatic carbocycles. The quantitative estimate of drug-likeness (QED) is 0.786. The first kappa shape index (κ1) is 14.9. The zero-order chi connectivity index (χ0) is 14.7. The maximum atomic E-state index is 6.20. The molecular formula is C15H18ClN3OS. The summed E-state index contributed by atoms with van der Waals surface area (Å²) in [4.78, 5) is 0. The number of halogens is 1. The summed E-state index contributed by atoms with van der Waals surface area (Å²) < 4.78 is 7.86. The lowest BCUT2D eigenvalue weighted by molar-refractivity contribution is 0.0944. The lowest BCUT2D eigenvalue weighted by Crippen LogP contribution is -2.16. The van der Waals surface area contributed by atoms with E-state index in [1.54, 1.807) is 11.8 Å². The van der Waals surface area contributed by atoms with Gasteiger partial charge in [-0.25, -0.2) is 0 Å². The number of hydrogen-bond acceptors (Lipinski definition) is 4. The van der Waals surface area contributed by atoms with Gasteiger partial charge < -0.3 is 9.30 Å². The van der Waals surface area contributed by atoms with Crippen molar-refractivity contribution in [1.82, 2.24) is 14.8 Å². The van der Waals surface area contributed by atoms with Crippen molar-refractivity contribution in [1.29, 1.82) is 0 Å². The minimum Gasteiger partial charge on any atom is -0.376 e. The maximum absolute atomic E-state index is 6.20. The van der Waals surface area contributed by atoms with E-state index in [4.69, 9.17) is 16.3 Å². The molecule has 1 atom stereocenters. The Labute approximate surface area is 133 Å². The first-order valence-corrected chi connectivity index (χ1v) is 8.48. The molecule has 0 unspecified atom stereocenters. The van der Waals surface area contributed by atoms with Crippen LogP contribution in [-0.4, -0.2) is 27.5 Å². The zero-order valence-corrected chi connectivity index (χ0v) is 13.5. The van der Waals surface area contributed by atoms with Crippen LogP contribution in [0, 0.1) is 6.92 Å². The third-order valence-corrected chi connectivity index (χ3v) is 5.01. The topological polar surface area (TPSA) is 39.9 Å². The van der Waals surface area contributed by atoms with Crippen LogP contribution in [0.3, 0.4) is 0 Å². The molecule has 1 saturated heterocycles. The highest BCUT2D eigenvalue weighted by Gasteiger charge is 2.19. The highest BCUT2D eigenvalue weighted by molar-refractivity contribution is 7.98. The Morgan fingerprint density at radius 1 is 1.38 bits per heavy atom. The summed E-state index contributed by atoms with van der Waals surface area (Å²) in [5.74, 6) is 1.73. The molecule has 2 heterocycles. The van der Waals surface area contributed by atoms with Gasteiger partial charge >= 0.3 is 0 Å². The summed E-state index contributed by atoms with van der Waals surface area (Å²) in [5.41, 5.74) is 1.12. The van der Waals surface area contributed by atoms with E-state index in [1.165, 1.54) is 0 Å². The van der Waals surface area contributed by atoms with Crippen molar-refractivity contribution < 1.29 is 4.74 Å². The molecule has 1 fully saturated rings. The summed E-state index contributed by atoms with van der Waals surface area (Å²) in [6.45, 7) is 3.69. The Bertz CT molecular complexity index is 611. The molecule has 21 heavy (non-hydrogen) atoms. The summed E-state index contributed by atoms with van der Waals surface area (Å²) in [6.07, 6.45) is 2.56. The van der Waals surface area contributed by atoms with E-state index < -0.39 is 0 Å². The van der Waals surface area contributed by atoms with Gasteiger partial charge in [-0.2, -0.15) is 0 Å².